The molecule has 134 valence electrons. The normalized spacial score (nSPS) is 11.3. The largest absolute Gasteiger partial charge is 0.352 e. The lowest BCUT2D eigenvalue weighted by Crippen LogP contribution is -2.26. The fourth-order valence-corrected chi connectivity index (χ4v) is 3.40. The van der Waals surface area contributed by atoms with Crippen LogP contribution in [0.5, 0.6) is 0 Å². The van der Waals surface area contributed by atoms with Gasteiger partial charge in [0.2, 0.25) is 10.0 Å². The van der Waals surface area contributed by atoms with Crippen molar-refractivity contribution in [2.45, 2.75) is 38.1 Å². The summed E-state index contributed by atoms with van der Waals surface area (Å²) in [6.45, 7) is 4.77. The molecule has 0 aliphatic rings. The standard InChI is InChI=1S/C19H24N2O3S/c1-3-4-12-20-19(22)16-10-7-11-18(13-16)25(23,24)21-14-17-9-6-5-8-15(17)2/h5-11,13,21H,3-4,12,14H2,1-2H3,(H,20,22). The fourth-order valence-electron chi connectivity index (χ4n) is 2.35. The van der Waals surface area contributed by atoms with E-state index < -0.39 is 10.0 Å². The van der Waals surface area contributed by atoms with Crippen molar-refractivity contribution in [1.29, 1.82) is 0 Å². The molecule has 2 rings (SSSR count). The molecule has 0 aromatic heterocycles. The first kappa shape index (κ1) is 19.1. The summed E-state index contributed by atoms with van der Waals surface area (Å²) in [6, 6.07) is 13.7. The monoisotopic (exact) mass is 360 g/mol. The fraction of sp³-hybridized carbons (Fsp3) is 0.316. The second kappa shape index (κ2) is 8.78. The molecule has 2 aromatic carbocycles. The van der Waals surface area contributed by atoms with Crippen molar-refractivity contribution in [1.82, 2.24) is 10.0 Å². The van der Waals surface area contributed by atoms with Crippen molar-refractivity contribution >= 4 is 15.9 Å². The van der Waals surface area contributed by atoms with Crippen LogP contribution in [0.4, 0.5) is 0 Å². The minimum atomic E-state index is -3.69. The molecule has 0 heterocycles. The van der Waals surface area contributed by atoms with Crippen LogP contribution in [0.15, 0.2) is 53.4 Å². The van der Waals surface area contributed by atoms with E-state index in [1.807, 2.05) is 38.1 Å². The zero-order valence-electron chi connectivity index (χ0n) is 14.6. The van der Waals surface area contributed by atoms with E-state index in [0.29, 0.717) is 12.1 Å². The second-order valence-corrected chi connectivity index (χ2v) is 7.66. The van der Waals surface area contributed by atoms with E-state index in [4.69, 9.17) is 0 Å². The quantitative estimate of drug-likeness (QED) is 0.711. The first-order valence-electron chi connectivity index (χ1n) is 8.36. The number of nitrogens with one attached hydrogen (secondary N) is 2. The molecule has 1 amide bonds. The number of rotatable bonds is 8. The maximum Gasteiger partial charge on any atom is 0.251 e. The van der Waals surface area contributed by atoms with Crippen LogP contribution in [0, 0.1) is 6.92 Å². The summed E-state index contributed by atoms with van der Waals surface area (Å²) in [7, 11) is -3.69. The van der Waals surface area contributed by atoms with Gasteiger partial charge < -0.3 is 5.32 Å². The van der Waals surface area contributed by atoms with E-state index in [1.165, 1.54) is 12.1 Å². The topological polar surface area (TPSA) is 75.3 Å². The summed E-state index contributed by atoms with van der Waals surface area (Å²) < 4.78 is 27.6. The summed E-state index contributed by atoms with van der Waals surface area (Å²) in [5, 5.41) is 2.79. The molecule has 0 spiro atoms. The number of hydrogen-bond donors (Lipinski definition) is 2. The van der Waals surface area contributed by atoms with Gasteiger partial charge in [-0.3, -0.25) is 4.79 Å². The lowest BCUT2D eigenvalue weighted by atomic mass is 10.1. The van der Waals surface area contributed by atoms with Crippen LogP contribution in [0.2, 0.25) is 0 Å². The van der Waals surface area contributed by atoms with E-state index in [2.05, 4.69) is 10.0 Å². The van der Waals surface area contributed by atoms with Crippen LogP contribution in [0.3, 0.4) is 0 Å². The van der Waals surface area contributed by atoms with Gasteiger partial charge in [0.25, 0.3) is 5.91 Å². The minimum Gasteiger partial charge on any atom is -0.352 e. The van der Waals surface area contributed by atoms with Crippen molar-refractivity contribution in [2.24, 2.45) is 0 Å². The van der Waals surface area contributed by atoms with Crippen LogP contribution < -0.4 is 10.0 Å². The molecule has 0 fully saturated rings. The highest BCUT2D eigenvalue weighted by molar-refractivity contribution is 7.89. The molecule has 0 atom stereocenters. The Kier molecular flexibility index (Phi) is 6.73. The molecule has 5 nitrogen and oxygen atoms in total. The van der Waals surface area contributed by atoms with Crippen LogP contribution in [0.1, 0.15) is 41.3 Å². The second-order valence-electron chi connectivity index (χ2n) is 5.89. The number of carbonyl (C=O) groups excluding carboxylic acids is 1. The van der Waals surface area contributed by atoms with Gasteiger partial charge in [-0.1, -0.05) is 43.7 Å². The molecule has 6 heteroatoms. The zero-order valence-corrected chi connectivity index (χ0v) is 15.4. The van der Waals surface area contributed by atoms with E-state index in [-0.39, 0.29) is 17.3 Å². The van der Waals surface area contributed by atoms with Crippen molar-refractivity contribution in [3.63, 3.8) is 0 Å². The predicted octanol–water partition coefficient (Wildman–Crippen LogP) is 3.00. The molecule has 0 saturated carbocycles. The van der Waals surface area contributed by atoms with Gasteiger partial charge in [-0.2, -0.15) is 0 Å². The summed E-state index contributed by atoms with van der Waals surface area (Å²) in [4.78, 5) is 12.2. The number of aryl methyl sites for hydroxylation is 1. The lowest BCUT2D eigenvalue weighted by molar-refractivity contribution is 0.0953. The van der Waals surface area contributed by atoms with Gasteiger partial charge in [-0.15, -0.1) is 0 Å². The third-order valence-corrected chi connectivity index (χ3v) is 5.34. The Hall–Kier alpha value is -2.18. The van der Waals surface area contributed by atoms with Crippen molar-refractivity contribution in [3.8, 4) is 0 Å². The van der Waals surface area contributed by atoms with Crippen LogP contribution in [-0.4, -0.2) is 20.9 Å². The Morgan fingerprint density at radius 3 is 2.56 bits per heavy atom. The SMILES string of the molecule is CCCCNC(=O)c1cccc(S(=O)(=O)NCc2ccccc2C)c1. The Morgan fingerprint density at radius 1 is 1.08 bits per heavy atom. The maximum atomic E-state index is 12.5. The first-order chi connectivity index (χ1) is 11.9. The third kappa shape index (κ3) is 5.41. The summed E-state index contributed by atoms with van der Waals surface area (Å²) >= 11 is 0. The molecule has 0 aliphatic carbocycles. The van der Waals surface area contributed by atoms with Crippen LogP contribution >= 0.6 is 0 Å². The third-order valence-electron chi connectivity index (χ3n) is 3.94. The highest BCUT2D eigenvalue weighted by Crippen LogP contribution is 2.13. The van der Waals surface area contributed by atoms with Gasteiger partial charge in [0.1, 0.15) is 0 Å². The molecular weight excluding hydrogens is 336 g/mol. The molecule has 0 radical (unpaired) electrons. The van der Waals surface area contributed by atoms with Gasteiger partial charge in [-0.05, 0) is 42.7 Å². The number of sulfonamides is 1. The number of carbonyl (C=O) groups is 1. The Labute approximate surface area is 149 Å². The molecule has 0 unspecified atom stereocenters. The summed E-state index contributed by atoms with van der Waals surface area (Å²) in [6.07, 6.45) is 1.87. The lowest BCUT2D eigenvalue weighted by Gasteiger charge is -2.10. The molecule has 2 N–H and O–H groups in total. The van der Waals surface area contributed by atoms with Gasteiger partial charge in [0.05, 0.1) is 4.90 Å². The number of hydrogen-bond acceptors (Lipinski definition) is 3. The summed E-state index contributed by atoms with van der Waals surface area (Å²) in [5.41, 5.74) is 2.28. The van der Waals surface area contributed by atoms with Crippen molar-refractivity contribution in [2.75, 3.05) is 6.54 Å². The van der Waals surface area contributed by atoms with Gasteiger partial charge in [-0.25, -0.2) is 13.1 Å². The maximum absolute atomic E-state index is 12.5. The van der Waals surface area contributed by atoms with Crippen molar-refractivity contribution in [3.05, 3.63) is 65.2 Å². The van der Waals surface area contributed by atoms with Gasteiger partial charge in [0.15, 0.2) is 0 Å². The number of amides is 1. The highest BCUT2D eigenvalue weighted by atomic mass is 32.2. The van der Waals surface area contributed by atoms with Crippen molar-refractivity contribution < 1.29 is 13.2 Å². The first-order valence-corrected chi connectivity index (χ1v) is 9.85. The van der Waals surface area contributed by atoms with E-state index >= 15 is 0 Å². The smallest absolute Gasteiger partial charge is 0.251 e. The van der Waals surface area contributed by atoms with Gasteiger partial charge in [0, 0.05) is 18.7 Å². The van der Waals surface area contributed by atoms with E-state index in [0.717, 1.165) is 24.0 Å². The highest BCUT2D eigenvalue weighted by Gasteiger charge is 2.16. The van der Waals surface area contributed by atoms with Crippen LogP contribution in [0.25, 0.3) is 0 Å². The molecule has 25 heavy (non-hydrogen) atoms. The van der Waals surface area contributed by atoms with Gasteiger partial charge >= 0.3 is 0 Å². The van der Waals surface area contributed by atoms with E-state index in [9.17, 15) is 13.2 Å². The predicted molar refractivity (Wildman–Crippen MR) is 98.9 cm³/mol. The number of unbranched alkanes of at least 4 members (excludes halogenated alkanes) is 1. The Morgan fingerprint density at radius 2 is 1.84 bits per heavy atom. The van der Waals surface area contributed by atoms with E-state index in [1.54, 1.807) is 12.1 Å². The number of benzene rings is 2. The van der Waals surface area contributed by atoms with Crippen LogP contribution in [-0.2, 0) is 16.6 Å². The average Bonchev–Trinajstić information content (AvgIpc) is 2.61. The summed E-state index contributed by atoms with van der Waals surface area (Å²) in [5.74, 6) is -0.260. The Bertz CT molecular complexity index is 832. The molecular formula is C19H24N2O3S. The Balaban J connectivity index is 2.10. The molecule has 0 aliphatic heterocycles. The molecule has 0 saturated heterocycles. The average molecular weight is 360 g/mol. The minimum absolute atomic E-state index is 0.0872. The molecule has 2 aromatic rings. The molecule has 0 bridgehead atoms. The zero-order chi connectivity index (χ0) is 18.3.